The molecule has 1 amide bonds. The molecule has 1 aromatic rings. The summed E-state index contributed by atoms with van der Waals surface area (Å²) in [7, 11) is 1.71. The Balaban J connectivity index is 3.02. The number of primary amides is 1. The van der Waals surface area contributed by atoms with Crippen LogP contribution in [-0.2, 0) is 16.6 Å². The highest BCUT2D eigenvalue weighted by atomic mass is 16.3. The van der Waals surface area contributed by atoms with Crippen molar-refractivity contribution in [2.75, 3.05) is 7.05 Å². The lowest BCUT2D eigenvalue weighted by molar-refractivity contribution is -0.119. The van der Waals surface area contributed by atoms with Crippen LogP contribution < -0.4 is 11.1 Å². The molecule has 4 nitrogen and oxygen atoms in total. The molecule has 0 saturated heterocycles. The van der Waals surface area contributed by atoms with E-state index in [1.807, 2.05) is 32.9 Å². The summed E-state index contributed by atoms with van der Waals surface area (Å²) in [5, 5.41) is 12.7. The Kier molecular flexibility index (Phi) is 4.35. The van der Waals surface area contributed by atoms with Gasteiger partial charge < -0.3 is 16.2 Å². The Hall–Kier alpha value is -1.55. The van der Waals surface area contributed by atoms with Crippen LogP contribution in [0.25, 0.3) is 0 Å². The minimum atomic E-state index is -0.387. The highest BCUT2D eigenvalue weighted by Gasteiger charge is 2.20. The summed E-state index contributed by atoms with van der Waals surface area (Å²) < 4.78 is 0. The topological polar surface area (TPSA) is 75.3 Å². The molecule has 0 unspecified atom stereocenters. The number of benzene rings is 1. The number of rotatable bonds is 4. The molecule has 4 heteroatoms. The number of aromatic hydroxyl groups is 1. The predicted molar refractivity (Wildman–Crippen MR) is 72.6 cm³/mol. The van der Waals surface area contributed by atoms with E-state index in [0.29, 0.717) is 6.42 Å². The monoisotopic (exact) mass is 250 g/mol. The fraction of sp³-hybridized carbons (Fsp3) is 0.500. The molecule has 0 fully saturated rings. The zero-order valence-corrected chi connectivity index (χ0v) is 11.4. The quantitative estimate of drug-likeness (QED) is 0.754. The van der Waals surface area contributed by atoms with Crippen molar-refractivity contribution in [2.45, 2.75) is 38.6 Å². The fourth-order valence-electron chi connectivity index (χ4n) is 1.89. The van der Waals surface area contributed by atoms with Crippen molar-refractivity contribution in [1.29, 1.82) is 0 Å². The van der Waals surface area contributed by atoms with Crippen LogP contribution >= 0.6 is 0 Å². The summed E-state index contributed by atoms with van der Waals surface area (Å²) in [6.07, 6.45) is 0.523. The minimum absolute atomic E-state index is 0.137. The predicted octanol–water partition coefficient (Wildman–Crippen LogP) is 1.31. The van der Waals surface area contributed by atoms with Crippen LogP contribution in [0.3, 0.4) is 0 Å². The number of hydrogen-bond donors (Lipinski definition) is 3. The third-order valence-corrected chi connectivity index (χ3v) is 3.00. The number of phenols is 1. The molecule has 0 bridgehead atoms. The van der Waals surface area contributed by atoms with Crippen LogP contribution in [0.5, 0.6) is 5.75 Å². The second-order valence-electron chi connectivity index (χ2n) is 5.55. The van der Waals surface area contributed by atoms with Gasteiger partial charge >= 0.3 is 0 Å². The fourth-order valence-corrected chi connectivity index (χ4v) is 1.89. The van der Waals surface area contributed by atoms with Gasteiger partial charge in [0.2, 0.25) is 5.91 Å². The molecule has 0 aliphatic carbocycles. The third kappa shape index (κ3) is 3.47. The smallest absolute Gasteiger partial charge is 0.234 e. The lowest BCUT2D eigenvalue weighted by atomic mass is 9.85. The Morgan fingerprint density at radius 2 is 2.06 bits per heavy atom. The summed E-state index contributed by atoms with van der Waals surface area (Å²) in [5.41, 5.74) is 7.02. The molecule has 18 heavy (non-hydrogen) atoms. The number of nitrogens with two attached hydrogens (primary N) is 1. The lowest BCUT2D eigenvalue weighted by Crippen LogP contribution is -2.40. The molecule has 1 rings (SSSR count). The van der Waals surface area contributed by atoms with Gasteiger partial charge in [0.25, 0.3) is 0 Å². The molecule has 0 saturated carbocycles. The SMILES string of the molecule is CN[C@@H](Cc1ccc(O)c(C(C)(C)C)c1)C(N)=O. The summed E-state index contributed by atoms with van der Waals surface area (Å²) >= 11 is 0. The maximum absolute atomic E-state index is 11.2. The van der Waals surface area contributed by atoms with Crippen molar-refractivity contribution < 1.29 is 9.90 Å². The van der Waals surface area contributed by atoms with Gasteiger partial charge in [0.05, 0.1) is 6.04 Å². The first-order valence-corrected chi connectivity index (χ1v) is 6.04. The van der Waals surface area contributed by atoms with Gasteiger partial charge in [0.1, 0.15) is 5.75 Å². The Bertz CT molecular complexity index is 436. The second-order valence-corrected chi connectivity index (χ2v) is 5.55. The van der Waals surface area contributed by atoms with Crippen molar-refractivity contribution in [3.8, 4) is 5.75 Å². The van der Waals surface area contributed by atoms with E-state index in [1.54, 1.807) is 13.1 Å². The number of carbonyl (C=O) groups is 1. The molecule has 0 spiro atoms. The summed E-state index contributed by atoms with van der Waals surface area (Å²) in [5.74, 6) is -0.0887. The molecule has 4 N–H and O–H groups in total. The average molecular weight is 250 g/mol. The summed E-state index contributed by atoms with van der Waals surface area (Å²) in [6, 6.07) is 5.03. The van der Waals surface area contributed by atoms with Crippen LogP contribution in [0, 0.1) is 0 Å². The minimum Gasteiger partial charge on any atom is -0.508 e. The number of likely N-dealkylation sites (N-methyl/N-ethyl adjacent to an activating group) is 1. The highest BCUT2D eigenvalue weighted by molar-refractivity contribution is 5.80. The van der Waals surface area contributed by atoms with Crippen molar-refractivity contribution >= 4 is 5.91 Å². The molecule has 100 valence electrons. The third-order valence-electron chi connectivity index (χ3n) is 3.00. The van der Waals surface area contributed by atoms with E-state index in [2.05, 4.69) is 5.32 Å². The maximum atomic E-state index is 11.2. The number of hydrogen-bond acceptors (Lipinski definition) is 3. The molecule has 1 atom stereocenters. The Morgan fingerprint density at radius 1 is 1.44 bits per heavy atom. The maximum Gasteiger partial charge on any atom is 0.234 e. The van der Waals surface area contributed by atoms with Gasteiger partial charge in [-0.2, -0.15) is 0 Å². The number of amides is 1. The van der Waals surface area contributed by atoms with Crippen molar-refractivity contribution in [3.63, 3.8) is 0 Å². The van der Waals surface area contributed by atoms with Crippen LogP contribution in [0.2, 0.25) is 0 Å². The second kappa shape index (κ2) is 5.40. The van der Waals surface area contributed by atoms with Gasteiger partial charge in [-0.05, 0) is 36.1 Å². The van der Waals surface area contributed by atoms with Crippen molar-refractivity contribution in [3.05, 3.63) is 29.3 Å². The highest BCUT2D eigenvalue weighted by Crippen LogP contribution is 2.31. The number of carbonyl (C=O) groups excluding carboxylic acids is 1. The van der Waals surface area contributed by atoms with E-state index in [-0.39, 0.29) is 23.1 Å². The zero-order valence-electron chi connectivity index (χ0n) is 11.4. The molecule has 0 aromatic heterocycles. The normalized spacial score (nSPS) is 13.3. The van der Waals surface area contributed by atoms with Crippen LogP contribution in [0.4, 0.5) is 0 Å². The largest absolute Gasteiger partial charge is 0.508 e. The molecule has 1 aromatic carbocycles. The van der Waals surface area contributed by atoms with Gasteiger partial charge in [-0.15, -0.1) is 0 Å². The zero-order chi connectivity index (χ0) is 13.9. The van der Waals surface area contributed by atoms with Crippen LogP contribution in [0.15, 0.2) is 18.2 Å². The van der Waals surface area contributed by atoms with E-state index in [1.165, 1.54) is 0 Å². The number of phenolic OH excluding ortho intramolecular Hbond substituents is 1. The molecule has 0 aliphatic rings. The van der Waals surface area contributed by atoms with E-state index in [0.717, 1.165) is 11.1 Å². The number of nitrogens with one attached hydrogen (secondary N) is 1. The first-order chi connectivity index (χ1) is 8.25. The first-order valence-electron chi connectivity index (χ1n) is 6.04. The van der Waals surface area contributed by atoms with Gasteiger partial charge in [-0.1, -0.05) is 32.9 Å². The Morgan fingerprint density at radius 3 is 2.50 bits per heavy atom. The summed E-state index contributed by atoms with van der Waals surface area (Å²) in [4.78, 5) is 11.2. The van der Waals surface area contributed by atoms with Gasteiger partial charge in [0, 0.05) is 0 Å². The van der Waals surface area contributed by atoms with Crippen LogP contribution in [0.1, 0.15) is 31.9 Å². The molecule has 0 radical (unpaired) electrons. The first kappa shape index (κ1) is 14.5. The van der Waals surface area contributed by atoms with E-state index < -0.39 is 0 Å². The van der Waals surface area contributed by atoms with E-state index >= 15 is 0 Å². The van der Waals surface area contributed by atoms with E-state index in [9.17, 15) is 9.90 Å². The standard InChI is InChI=1S/C14H22N2O2/c1-14(2,3)10-7-9(5-6-12(10)17)8-11(16-4)13(15)18/h5-7,11,16-17H,8H2,1-4H3,(H2,15,18)/t11-/m0/s1. The van der Waals surface area contributed by atoms with Gasteiger partial charge in [-0.25, -0.2) is 0 Å². The van der Waals surface area contributed by atoms with Crippen LogP contribution in [-0.4, -0.2) is 24.1 Å². The molecular weight excluding hydrogens is 228 g/mol. The van der Waals surface area contributed by atoms with E-state index in [4.69, 9.17) is 5.73 Å². The lowest BCUT2D eigenvalue weighted by Gasteiger charge is -2.22. The van der Waals surface area contributed by atoms with Crippen molar-refractivity contribution in [1.82, 2.24) is 5.32 Å². The molecular formula is C14H22N2O2. The Labute approximate surface area is 108 Å². The summed E-state index contributed by atoms with van der Waals surface area (Å²) in [6.45, 7) is 6.11. The van der Waals surface area contributed by atoms with Gasteiger partial charge in [-0.3, -0.25) is 4.79 Å². The molecule has 0 aliphatic heterocycles. The van der Waals surface area contributed by atoms with Gasteiger partial charge in [0.15, 0.2) is 0 Å². The van der Waals surface area contributed by atoms with Crippen molar-refractivity contribution in [2.24, 2.45) is 5.73 Å². The molecule has 0 heterocycles. The average Bonchev–Trinajstić information content (AvgIpc) is 2.25.